The van der Waals surface area contributed by atoms with Gasteiger partial charge in [-0.05, 0) is 44.5 Å². The fourth-order valence-corrected chi connectivity index (χ4v) is 2.64. The minimum absolute atomic E-state index is 0.104. The number of rotatable bonds is 9. The zero-order chi connectivity index (χ0) is 15.9. The van der Waals surface area contributed by atoms with Crippen LogP contribution in [0.5, 0.6) is 11.5 Å². The van der Waals surface area contributed by atoms with Gasteiger partial charge in [-0.25, -0.2) is 0 Å². The molecule has 0 spiro atoms. The van der Waals surface area contributed by atoms with Gasteiger partial charge in [0.1, 0.15) is 0 Å². The molecule has 2 atom stereocenters. The fourth-order valence-electron chi connectivity index (χ4n) is 2.64. The zero-order valence-corrected chi connectivity index (χ0v) is 14.2. The van der Waals surface area contributed by atoms with Crippen molar-refractivity contribution in [1.82, 2.24) is 5.32 Å². The van der Waals surface area contributed by atoms with E-state index in [-0.39, 0.29) is 11.6 Å². The Labute approximate surface area is 128 Å². The maximum absolute atomic E-state index is 6.04. The molecule has 1 aromatic carbocycles. The molecule has 0 amide bonds. The third-order valence-corrected chi connectivity index (χ3v) is 3.94. The van der Waals surface area contributed by atoms with E-state index in [1.54, 1.807) is 14.2 Å². The zero-order valence-electron chi connectivity index (χ0n) is 14.2. The van der Waals surface area contributed by atoms with Crippen molar-refractivity contribution < 1.29 is 14.2 Å². The number of ether oxygens (including phenoxy) is 3. The van der Waals surface area contributed by atoms with Crippen LogP contribution < -0.4 is 14.8 Å². The molecule has 1 aromatic rings. The van der Waals surface area contributed by atoms with Crippen molar-refractivity contribution in [3.63, 3.8) is 0 Å². The minimum Gasteiger partial charge on any atom is -0.493 e. The van der Waals surface area contributed by atoms with Crippen LogP contribution in [0.25, 0.3) is 0 Å². The highest BCUT2D eigenvalue weighted by Crippen LogP contribution is 2.36. The lowest BCUT2D eigenvalue weighted by molar-refractivity contribution is -0.0560. The van der Waals surface area contributed by atoms with E-state index in [0.29, 0.717) is 6.61 Å². The Kier molecular flexibility index (Phi) is 6.99. The van der Waals surface area contributed by atoms with Gasteiger partial charge in [0, 0.05) is 6.61 Å². The number of methoxy groups -OCH3 is 2. The molecule has 4 nitrogen and oxygen atoms in total. The minimum atomic E-state index is -0.260. The van der Waals surface area contributed by atoms with Gasteiger partial charge < -0.3 is 19.5 Å². The standard InChI is InChI=1S/C17H29NO3/c1-7-17(4,21-9-3)16(18-8-2)13-10-11-14(19-5)15(12-13)20-6/h10-12,16,18H,7-9H2,1-6H3. The first-order valence-corrected chi connectivity index (χ1v) is 7.65. The molecule has 0 saturated heterocycles. The van der Waals surface area contributed by atoms with E-state index < -0.39 is 0 Å². The summed E-state index contributed by atoms with van der Waals surface area (Å²) in [6.07, 6.45) is 0.923. The molecular formula is C17H29NO3. The molecule has 1 rings (SSSR count). The molecule has 2 unspecified atom stereocenters. The van der Waals surface area contributed by atoms with Gasteiger partial charge >= 0.3 is 0 Å². The van der Waals surface area contributed by atoms with E-state index >= 15 is 0 Å². The van der Waals surface area contributed by atoms with Crippen molar-refractivity contribution in [3.05, 3.63) is 23.8 Å². The quantitative estimate of drug-likeness (QED) is 0.756. The third kappa shape index (κ3) is 4.11. The van der Waals surface area contributed by atoms with Gasteiger partial charge in [-0.3, -0.25) is 0 Å². The van der Waals surface area contributed by atoms with Crippen LogP contribution in [0.1, 0.15) is 45.7 Å². The van der Waals surface area contributed by atoms with E-state index in [1.165, 1.54) is 0 Å². The summed E-state index contributed by atoms with van der Waals surface area (Å²) in [6.45, 7) is 10.0. The van der Waals surface area contributed by atoms with Crippen LogP contribution in [0.4, 0.5) is 0 Å². The van der Waals surface area contributed by atoms with Crippen LogP contribution in [0, 0.1) is 0 Å². The second kappa shape index (κ2) is 8.25. The lowest BCUT2D eigenvalue weighted by Gasteiger charge is -2.37. The summed E-state index contributed by atoms with van der Waals surface area (Å²) in [5, 5.41) is 3.54. The lowest BCUT2D eigenvalue weighted by atomic mass is 9.87. The molecule has 0 aliphatic carbocycles. The molecule has 0 aliphatic heterocycles. The van der Waals surface area contributed by atoms with E-state index in [0.717, 1.165) is 30.0 Å². The molecule has 4 heteroatoms. The average molecular weight is 295 g/mol. The summed E-state index contributed by atoms with van der Waals surface area (Å²) in [5.74, 6) is 1.49. The number of benzene rings is 1. The number of nitrogens with one attached hydrogen (secondary N) is 1. The van der Waals surface area contributed by atoms with Crippen LogP contribution in [0.15, 0.2) is 18.2 Å². The summed E-state index contributed by atoms with van der Waals surface area (Å²) in [5.41, 5.74) is 0.886. The van der Waals surface area contributed by atoms with Crippen molar-refractivity contribution in [2.24, 2.45) is 0 Å². The molecule has 0 saturated carbocycles. The Morgan fingerprint density at radius 1 is 1.10 bits per heavy atom. The Balaban J connectivity index is 3.21. The molecular weight excluding hydrogens is 266 g/mol. The topological polar surface area (TPSA) is 39.7 Å². The third-order valence-electron chi connectivity index (χ3n) is 3.94. The molecule has 0 bridgehead atoms. The van der Waals surface area contributed by atoms with Crippen molar-refractivity contribution in [2.45, 2.75) is 45.8 Å². The molecule has 0 radical (unpaired) electrons. The van der Waals surface area contributed by atoms with Crippen LogP contribution in [-0.4, -0.2) is 33.0 Å². The summed E-state index contributed by atoms with van der Waals surface area (Å²) in [6, 6.07) is 6.15. The van der Waals surface area contributed by atoms with Gasteiger partial charge in [-0.15, -0.1) is 0 Å². The Hall–Kier alpha value is -1.26. The second-order valence-corrected chi connectivity index (χ2v) is 5.20. The van der Waals surface area contributed by atoms with Gasteiger partial charge in [0.25, 0.3) is 0 Å². The molecule has 0 aromatic heterocycles. The van der Waals surface area contributed by atoms with E-state index in [9.17, 15) is 0 Å². The van der Waals surface area contributed by atoms with Gasteiger partial charge in [-0.2, -0.15) is 0 Å². The number of hydrogen-bond acceptors (Lipinski definition) is 4. The Morgan fingerprint density at radius 3 is 2.24 bits per heavy atom. The molecule has 1 N–H and O–H groups in total. The molecule has 0 aliphatic rings. The van der Waals surface area contributed by atoms with Gasteiger partial charge in [-0.1, -0.05) is 19.9 Å². The van der Waals surface area contributed by atoms with Crippen LogP contribution in [0.2, 0.25) is 0 Å². The first kappa shape index (κ1) is 17.8. The van der Waals surface area contributed by atoms with Crippen molar-refractivity contribution in [3.8, 4) is 11.5 Å². The predicted molar refractivity (Wildman–Crippen MR) is 86.3 cm³/mol. The monoisotopic (exact) mass is 295 g/mol. The van der Waals surface area contributed by atoms with Gasteiger partial charge in [0.2, 0.25) is 0 Å². The molecule has 0 heterocycles. The first-order valence-electron chi connectivity index (χ1n) is 7.65. The largest absolute Gasteiger partial charge is 0.493 e. The predicted octanol–water partition coefficient (Wildman–Crippen LogP) is 3.56. The van der Waals surface area contributed by atoms with E-state index in [2.05, 4.69) is 32.2 Å². The first-order chi connectivity index (χ1) is 10.1. The Bertz CT molecular complexity index is 436. The Morgan fingerprint density at radius 2 is 1.76 bits per heavy atom. The smallest absolute Gasteiger partial charge is 0.161 e. The summed E-state index contributed by atoms with van der Waals surface area (Å²) < 4.78 is 16.8. The second-order valence-electron chi connectivity index (χ2n) is 5.20. The van der Waals surface area contributed by atoms with E-state index in [1.807, 2.05) is 19.1 Å². The molecule has 0 fully saturated rings. The normalized spacial score (nSPS) is 15.3. The van der Waals surface area contributed by atoms with E-state index in [4.69, 9.17) is 14.2 Å². The lowest BCUT2D eigenvalue weighted by Crippen LogP contribution is -2.43. The maximum Gasteiger partial charge on any atom is 0.161 e. The van der Waals surface area contributed by atoms with Gasteiger partial charge in [0.15, 0.2) is 11.5 Å². The number of hydrogen-bond donors (Lipinski definition) is 1. The average Bonchev–Trinajstić information content (AvgIpc) is 2.52. The number of likely N-dealkylation sites (N-methyl/N-ethyl adjacent to an activating group) is 1. The van der Waals surface area contributed by atoms with Crippen molar-refractivity contribution >= 4 is 0 Å². The highest BCUT2D eigenvalue weighted by Gasteiger charge is 2.34. The fraction of sp³-hybridized carbons (Fsp3) is 0.647. The SMILES string of the molecule is CCNC(c1ccc(OC)c(OC)c1)C(C)(CC)OCC. The van der Waals surface area contributed by atoms with Gasteiger partial charge in [0.05, 0.1) is 25.9 Å². The summed E-state index contributed by atoms with van der Waals surface area (Å²) in [7, 11) is 3.31. The van der Waals surface area contributed by atoms with Crippen LogP contribution in [-0.2, 0) is 4.74 Å². The van der Waals surface area contributed by atoms with Crippen molar-refractivity contribution in [2.75, 3.05) is 27.4 Å². The molecule has 120 valence electrons. The molecule has 21 heavy (non-hydrogen) atoms. The highest BCUT2D eigenvalue weighted by molar-refractivity contribution is 5.44. The summed E-state index contributed by atoms with van der Waals surface area (Å²) in [4.78, 5) is 0. The maximum atomic E-state index is 6.04. The van der Waals surface area contributed by atoms with Crippen molar-refractivity contribution in [1.29, 1.82) is 0 Å². The van der Waals surface area contributed by atoms with Crippen LogP contribution >= 0.6 is 0 Å². The van der Waals surface area contributed by atoms with Crippen LogP contribution in [0.3, 0.4) is 0 Å². The highest BCUT2D eigenvalue weighted by atomic mass is 16.5. The summed E-state index contributed by atoms with van der Waals surface area (Å²) >= 11 is 0.